The minimum atomic E-state index is 0.0628. The van der Waals surface area contributed by atoms with Crippen molar-refractivity contribution in [2.45, 2.75) is 77.0 Å². The van der Waals surface area contributed by atoms with Gasteiger partial charge in [-0.2, -0.15) is 0 Å². The second-order valence-corrected chi connectivity index (χ2v) is 20.8. The molecule has 0 N–H and O–H groups in total. The quantitative estimate of drug-likeness (QED) is 0.145. The van der Waals surface area contributed by atoms with Gasteiger partial charge in [-0.1, -0.05) is 192 Å². The van der Waals surface area contributed by atoms with Gasteiger partial charge in [0.05, 0.1) is 17.1 Å². The highest BCUT2D eigenvalue weighted by molar-refractivity contribution is 5.90. The number of aromatic nitrogens is 3. The van der Waals surface area contributed by atoms with Gasteiger partial charge in [0.15, 0.2) is 0 Å². The molecular formula is C67H59N3. The zero-order valence-electron chi connectivity index (χ0n) is 41.1. The van der Waals surface area contributed by atoms with Crippen molar-refractivity contribution in [2.75, 3.05) is 0 Å². The zero-order chi connectivity index (χ0) is 48.0. The fraction of sp³-hybridized carbons (Fsp3) is 0.179. The number of pyridine rings is 3. The van der Waals surface area contributed by atoms with E-state index in [1.54, 1.807) is 0 Å². The number of hydrogen-bond acceptors (Lipinski definition) is 3. The molecule has 0 fully saturated rings. The van der Waals surface area contributed by atoms with Gasteiger partial charge in [-0.15, -0.1) is 0 Å². The fourth-order valence-corrected chi connectivity index (χ4v) is 11.1. The SMILES string of the molecule is Cc1cc(-c2ccccc2)ncc1-c1ccccc1-c1cc(-c2ccccc2-c2ccc(-c3ccc4c(c3)C(C)(C)CCC4(C)C)nc2)cc(C2C=CC=CC2c2cnc(-c3ccccc3)cc2C)c1. The van der Waals surface area contributed by atoms with Gasteiger partial charge in [0.1, 0.15) is 0 Å². The van der Waals surface area contributed by atoms with Crippen LogP contribution in [0.4, 0.5) is 0 Å². The minimum absolute atomic E-state index is 0.0628. The third-order valence-electron chi connectivity index (χ3n) is 15.2. The summed E-state index contributed by atoms with van der Waals surface area (Å²) in [6.07, 6.45) is 17.7. The lowest BCUT2D eigenvalue weighted by Gasteiger charge is -2.42. The van der Waals surface area contributed by atoms with Crippen LogP contribution in [0.1, 0.15) is 85.8 Å². The largest absolute Gasteiger partial charge is 0.256 e. The number of benzene rings is 6. The molecule has 11 rings (SSSR count). The predicted molar refractivity (Wildman–Crippen MR) is 293 cm³/mol. The van der Waals surface area contributed by atoms with Crippen molar-refractivity contribution in [3.05, 3.63) is 246 Å². The highest BCUT2D eigenvalue weighted by Crippen LogP contribution is 2.48. The first kappa shape index (κ1) is 44.7. The molecule has 0 radical (unpaired) electrons. The van der Waals surface area contributed by atoms with E-state index in [4.69, 9.17) is 15.0 Å². The van der Waals surface area contributed by atoms with E-state index < -0.39 is 0 Å². The van der Waals surface area contributed by atoms with Crippen molar-refractivity contribution in [3.8, 4) is 78.3 Å². The molecule has 3 nitrogen and oxygen atoms in total. The minimum Gasteiger partial charge on any atom is -0.256 e. The molecule has 0 spiro atoms. The van der Waals surface area contributed by atoms with E-state index in [0.717, 1.165) is 67.2 Å². The van der Waals surface area contributed by atoms with Gasteiger partial charge in [0.25, 0.3) is 0 Å². The second kappa shape index (κ2) is 18.3. The maximum absolute atomic E-state index is 5.18. The van der Waals surface area contributed by atoms with Crippen molar-refractivity contribution in [2.24, 2.45) is 0 Å². The molecule has 3 heterocycles. The van der Waals surface area contributed by atoms with Gasteiger partial charge >= 0.3 is 0 Å². The molecule has 0 bridgehead atoms. The van der Waals surface area contributed by atoms with Crippen LogP contribution < -0.4 is 0 Å². The first-order valence-electron chi connectivity index (χ1n) is 24.9. The average molecular weight is 906 g/mol. The Morgan fingerprint density at radius 1 is 0.371 bits per heavy atom. The summed E-state index contributed by atoms with van der Waals surface area (Å²) in [5, 5.41) is 0. The number of nitrogens with zero attached hydrogens (tertiary/aromatic N) is 3. The van der Waals surface area contributed by atoms with E-state index in [0.29, 0.717) is 0 Å². The van der Waals surface area contributed by atoms with Crippen LogP contribution in [0.5, 0.6) is 0 Å². The molecule has 3 heteroatoms. The van der Waals surface area contributed by atoms with Gasteiger partial charge in [-0.3, -0.25) is 15.0 Å². The summed E-state index contributed by atoms with van der Waals surface area (Å²) in [6.45, 7) is 14.0. The van der Waals surface area contributed by atoms with Crippen LogP contribution in [0, 0.1) is 13.8 Å². The first-order valence-corrected chi connectivity index (χ1v) is 24.9. The molecule has 3 aromatic heterocycles. The van der Waals surface area contributed by atoms with Crippen LogP contribution >= 0.6 is 0 Å². The maximum Gasteiger partial charge on any atom is 0.0705 e. The Hall–Kier alpha value is -7.75. The Kier molecular flexibility index (Phi) is 11.7. The summed E-state index contributed by atoms with van der Waals surface area (Å²) in [4.78, 5) is 15.3. The highest BCUT2D eigenvalue weighted by Gasteiger charge is 2.37. The Labute approximate surface area is 414 Å². The lowest BCUT2D eigenvalue weighted by Crippen LogP contribution is -2.33. The molecule has 0 saturated heterocycles. The second-order valence-electron chi connectivity index (χ2n) is 20.8. The van der Waals surface area contributed by atoms with Gasteiger partial charge in [-0.25, -0.2) is 0 Å². The van der Waals surface area contributed by atoms with Crippen molar-refractivity contribution < 1.29 is 0 Å². The van der Waals surface area contributed by atoms with Crippen LogP contribution in [-0.2, 0) is 10.8 Å². The number of rotatable bonds is 9. The van der Waals surface area contributed by atoms with Crippen molar-refractivity contribution >= 4 is 0 Å². The van der Waals surface area contributed by atoms with Crippen molar-refractivity contribution in [1.82, 2.24) is 15.0 Å². The van der Waals surface area contributed by atoms with E-state index in [-0.39, 0.29) is 22.7 Å². The molecule has 9 aromatic rings. The number of fused-ring (bicyclic) bond motifs is 1. The summed E-state index contributed by atoms with van der Waals surface area (Å²) >= 11 is 0. The Bertz CT molecular complexity index is 3450. The highest BCUT2D eigenvalue weighted by atomic mass is 14.7. The van der Waals surface area contributed by atoms with Gasteiger partial charge < -0.3 is 0 Å². The standard InChI is InChI=1S/C67H59N3/c1-44-35-64(46-19-9-7-10-20-46)69-42-59(44)57-27-17-15-25-55(57)51-37-50(38-52(39-51)56-26-16-18-28-58(56)60-43-70-65(36-45(60)2)47-21-11-8-12-22-47)54-24-14-13-23-53(54)49-30-32-63(68-41-49)48-29-31-61-62(40-48)67(5,6)34-33-66(61,3)4/h7-32,35-43,55,57H,33-34H2,1-6H3. The molecule has 342 valence electrons. The Balaban J connectivity index is 1.03. The fourth-order valence-electron chi connectivity index (χ4n) is 11.1. The molecule has 2 atom stereocenters. The van der Waals surface area contributed by atoms with E-state index in [2.05, 4.69) is 248 Å². The summed E-state index contributed by atoms with van der Waals surface area (Å²) in [6, 6.07) is 61.7. The third kappa shape index (κ3) is 8.55. The van der Waals surface area contributed by atoms with Gasteiger partial charge in [0, 0.05) is 58.2 Å². The van der Waals surface area contributed by atoms with Gasteiger partial charge in [-0.05, 0) is 135 Å². The lowest BCUT2D eigenvalue weighted by atomic mass is 9.63. The van der Waals surface area contributed by atoms with Crippen molar-refractivity contribution in [3.63, 3.8) is 0 Å². The smallest absolute Gasteiger partial charge is 0.0705 e. The van der Waals surface area contributed by atoms with Crippen LogP contribution in [0.2, 0.25) is 0 Å². The van der Waals surface area contributed by atoms with Gasteiger partial charge in [0.2, 0.25) is 0 Å². The summed E-state index contributed by atoms with van der Waals surface area (Å²) in [7, 11) is 0. The van der Waals surface area contributed by atoms with Crippen LogP contribution in [0.25, 0.3) is 78.3 Å². The van der Waals surface area contributed by atoms with E-state index >= 15 is 0 Å². The molecule has 2 aliphatic carbocycles. The van der Waals surface area contributed by atoms with Crippen LogP contribution in [-0.4, -0.2) is 15.0 Å². The molecule has 70 heavy (non-hydrogen) atoms. The monoisotopic (exact) mass is 905 g/mol. The molecule has 0 aliphatic heterocycles. The molecular weight excluding hydrogens is 847 g/mol. The first-order chi connectivity index (χ1) is 34.0. The van der Waals surface area contributed by atoms with E-state index in [9.17, 15) is 0 Å². The molecule has 0 amide bonds. The Morgan fingerprint density at radius 3 is 1.49 bits per heavy atom. The topological polar surface area (TPSA) is 38.7 Å². The third-order valence-corrected chi connectivity index (χ3v) is 15.2. The number of hydrogen-bond donors (Lipinski definition) is 0. The molecule has 0 saturated carbocycles. The zero-order valence-corrected chi connectivity index (χ0v) is 41.1. The van der Waals surface area contributed by atoms with Crippen molar-refractivity contribution in [1.29, 1.82) is 0 Å². The number of aryl methyl sites for hydroxylation is 2. The number of allylic oxidation sites excluding steroid dienone is 4. The van der Waals surface area contributed by atoms with E-state index in [1.807, 2.05) is 6.07 Å². The lowest BCUT2D eigenvalue weighted by molar-refractivity contribution is 0.332. The van der Waals surface area contributed by atoms with Crippen LogP contribution in [0.3, 0.4) is 0 Å². The predicted octanol–water partition coefficient (Wildman–Crippen LogP) is 17.5. The van der Waals surface area contributed by atoms with E-state index in [1.165, 1.54) is 57.3 Å². The summed E-state index contributed by atoms with van der Waals surface area (Å²) < 4.78 is 0. The Morgan fingerprint density at radius 2 is 0.886 bits per heavy atom. The summed E-state index contributed by atoms with van der Waals surface area (Å²) in [5.74, 6) is 0.151. The molecule has 2 unspecified atom stereocenters. The normalized spacial score (nSPS) is 16.7. The summed E-state index contributed by atoms with van der Waals surface area (Å²) in [5.41, 5.74) is 23.6. The van der Waals surface area contributed by atoms with Crippen LogP contribution in [0.15, 0.2) is 213 Å². The molecule has 6 aromatic carbocycles. The average Bonchev–Trinajstić information content (AvgIpc) is 3.40. The molecule has 2 aliphatic rings. The maximum atomic E-state index is 5.18.